The first-order valence-electron chi connectivity index (χ1n) is 11.5. The Labute approximate surface area is 217 Å². The van der Waals surface area contributed by atoms with Crippen LogP contribution in [0.4, 0.5) is 16.5 Å². The summed E-state index contributed by atoms with van der Waals surface area (Å²) in [6.45, 7) is 2.96. The van der Waals surface area contributed by atoms with Crippen molar-refractivity contribution in [3.63, 3.8) is 0 Å². The van der Waals surface area contributed by atoms with E-state index in [4.69, 9.17) is 9.15 Å². The predicted molar refractivity (Wildman–Crippen MR) is 141 cm³/mol. The lowest BCUT2D eigenvalue weighted by atomic mass is 10.2. The number of rotatable bonds is 9. The maximum absolute atomic E-state index is 12.7. The third-order valence-corrected chi connectivity index (χ3v) is 7.36. The summed E-state index contributed by atoms with van der Waals surface area (Å²) < 4.78 is 11.0. The van der Waals surface area contributed by atoms with Gasteiger partial charge >= 0.3 is 0 Å². The lowest BCUT2D eigenvalue weighted by Crippen LogP contribution is -2.49. The number of benzene rings is 2. The largest absolute Gasteiger partial charge is 0.497 e. The molecular weight excluding hydrogens is 496 g/mol. The van der Waals surface area contributed by atoms with Gasteiger partial charge in [-0.2, -0.15) is 0 Å². The average molecular weight is 523 g/mol. The third kappa shape index (κ3) is 6.16. The van der Waals surface area contributed by atoms with E-state index in [-0.39, 0.29) is 11.7 Å². The lowest BCUT2D eigenvalue weighted by Gasteiger charge is -2.36. The van der Waals surface area contributed by atoms with E-state index < -0.39 is 0 Å². The molecule has 0 radical (unpaired) electrons. The summed E-state index contributed by atoms with van der Waals surface area (Å²) in [6, 6.07) is 17.9. The Morgan fingerprint density at radius 3 is 2.61 bits per heavy atom. The van der Waals surface area contributed by atoms with Crippen molar-refractivity contribution in [3.8, 4) is 5.75 Å². The normalized spacial score (nSPS) is 13.6. The maximum Gasteiger partial charge on any atom is 0.277 e. The van der Waals surface area contributed by atoms with Crippen LogP contribution in [0.25, 0.3) is 0 Å². The van der Waals surface area contributed by atoms with Gasteiger partial charge in [-0.05, 0) is 36.4 Å². The molecule has 5 rings (SSSR count). The molecular formula is C25H26N6O3S2. The van der Waals surface area contributed by atoms with Crippen LogP contribution in [0.15, 0.2) is 69.6 Å². The number of nitrogens with one attached hydrogen (secondary N) is 1. The Morgan fingerprint density at radius 1 is 1.08 bits per heavy atom. The molecule has 0 bridgehead atoms. The number of hydrogen-bond acceptors (Lipinski definition) is 10. The van der Waals surface area contributed by atoms with Crippen LogP contribution in [0.3, 0.4) is 0 Å². The molecule has 2 aromatic carbocycles. The zero-order valence-corrected chi connectivity index (χ0v) is 21.4. The molecule has 36 heavy (non-hydrogen) atoms. The van der Waals surface area contributed by atoms with Gasteiger partial charge in [0.15, 0.2) is 5.13 Å². The fourth-order valence-electron chi connectivity index (χ4n) is 3.84. The molecule has 1 N–H and O–H groups in total. The van der Waals surface area contributed by atoms with Gasteiger partial charge in [0.05, 0.1) is 25.0 Å². The second kappa shape index (κ2) is 11.4. The molecule has 0 spiro atoms. The van der Waals surface area contributed by atoms with Crippen molar-refractivity contribution in [2.24, 2.45) is 0 Å². The molecule has 0 unspecified atom stereocenters. The van der Waals surface area contributed by atoms with Gasteiger partial charge in [0.2, 0.25) is 11.8 Å². The molecule has 3 heterocycles. The Balaban J connectivity index is 1.07. The smallest absolute Gasteiger partial charge is 0.277 e. The molecule has 0 atom stereocenters. The minimum absolute atomic E-state index is 0.0743. The first kappa shape index (κ1) is 24.1. The van der Waals surface area contributed by atoms with Crippen molar-refractivity contribution in [1.29, 1.82) is 0 Å². The number of hydrogen-bond donors (Lipinski definition) is 1. The number of ether oxygens (including phenoxy) is 1. The molecule has 186 valence electrons. The molecule has 1 aliphatic rings. The van der Waals surface area contributed by atoms with Gasteiger partial charge in [0, 0.05) is 42.9 Å². The Kier molecular flexibility index (Phi) is 7.67. The Bertz CT molecular complexity index is 1270. The number of thioether (sulfide) groups is 1. The van der Waals surface area contributed by atoms with Crippen LogP contribution < -0.4 is 15.0 Å². The summed E-state index contributed by atoms with van der Waals surface area (Å²) in [7, 11) is 1.66. The second-order valence-electron chi connectivity index (χ2n) is 8.13. The highest BCUT2D eigenvalue weighted by Gasteiger charge is 2.22. The second-order valence-corrected chi connectivity index (χ2v) is 9.91. The van der Waals surface area contributed by atoms with Crippen molar-refractivity contribution < 1.29 is 13.9 Å². The summed E-state index contributed by atoms with van der Waals surface area (Å²) in [6.07, 6.45) is 0.446. The Morgan fingerprint density at radius 2 is 1.86 bits per heavy atom. The van der Waals surface area contributed by atoms with E-state index in [2.05, 4.69) is 25.4 Å². The zero-order valence-electron chi connectivity index (χ0n) is 19.8. The summed E-state index contributed by atoms with van der Waals surface area (Å²) in [4.78, 5) is 21.5. The fourth-order valence-corrected chi connectivity index (χ4v) is 5.25. The quantitative estimate of drug-likeness (QED) is 0.323. The predicted octanol–water partition coefficient (Wildman–Crippen LogP) is 4.31. The number of carbonyl (C=O) groups is 1. The molecule has 1 saturated heterocycles. The van der Waals surface area contributed by atoms with Crippen LogP contribution in [-0.4, -0.2) is 65.0 Å². The van der Waals surface area contributed by atoms with Crippen LogP contribution in [0.2, 0.25) is 0 Å². The standard InChI is InChI=1S/C25H26N6O3S2/c1-33-21-9-7-20(8-10-21)30-11-13-31(14-12-30)23(32)17-36-25-29-28-22(34-25)15-19-16-35-24(27-19)26-18-5-3-2-4-6-18/h2-10,16H,11-15,17H2,1H3,(H,26,27). The zero-order chi connectivity index (χ0) is 24.7. The van der Waals surface area contributed by atoms with E-state index in [9.17, 15) is 4.79 Å². The molecule has 4 aromatic rings. The number of carbonyl (C=O) groups excluding carboxylic acids is 1. The highest BCUT2D eigenvalue weighted by Crippen LogP contribution is 2.24. The van der Waals surface area contributed by atoms with Crippen molar-refractivity contribution in [2.75, 3.05) is 49.3 Å². The summed E-state index contributed by atoms with van der Waals surface area (Å²) in [5.74, 6) is 1.66. The number of anilines is 3. The third-order valence-electron chi connectivity index (χ3n) is 5.75. The molecule has 1 aliphatic heterocycles. The van der Waals surface area contributed by atoms with Crippen LogP contribution in [0, 0.1) is 0 Å². The number of methoxy groups -OCH3 is 1. The fraction of sp³-hybridized carbons (Fsp3) is 0.280. The van der Waals surface area contributed by atoms with Crippen molar-refractivity contribution >= 4 is 45.5 Å². The van der Waals surface area contributed by atoms with E-state index in [1.165, 1.54) is 23.1 Å². The van der Waals surface area contributed by atoms with Crippen molar-refractivity contribution in [3.05, 3.63) is 71.6 Å². The maximum atomic E-state index is 12.7. The van der Waals surface area contributed by atoms with Gasteiger partial charge < -0.3 is 24.3 Å². The molecule has 0 aliphatic carbocycles. The molecule has 1 amide bonds. The number of amides is 1. The van der Waals surface area contributed by atoms with Crippen LogP contribution >= 0.6 is 23.1 Å². The minimum Gasteiger partial charge on any atom is -0.497 e. The van der Waals surface area contributed by atoms with E-state index in [1.807, 2.05) is 64.9 Å². The van der Waals surface area contributed by atoms with Crippen LogP contribution in [0.1, 0.15) is 11.6 Å². The van der Waals surface area contributed by atoms with Gasteiger partial charge in [0.1, 0.15) is 5.75 Å². The van der Waals surface area contributed by atoms with Crippen molar-refractivity contribution in [2.45, 2.75) is 11.6 Å². The minimum atomic E-state index is 0.0743. The van der Waals surface area contributed by atoms with E-state index in [0.717, 1.165) is 41.0 Å². The van der Waals surface area contributed by atoms with Gasteiger partial charge in [-0.3, -0.25) is 4.79 Å². The monoisotopic (exact) mass is 522 g/mol. The number of nitrogens with zero attached hydrogens (tertiary/aromatic N) is 5. The topological polar surface area (TPSA) is 96.6 Å². The van der Waals surface area contributed by atoms with Crippen molar-refractivity contribution in [1.82, 2.24) is 20.1 Å². The number of thiazole rings is 1. The number of aromatic nitrogens is 3. The van der Waals surface area contributed by atoms with E-state index >= 15 is 0 Å². The molecule has 1 fully saturated rings. The van der Waals surface area contributed by atoms with Gasteiger partial charge in [-0.1, -0.05) is 30.0 Å². The number of para-hydroxylation sites is 1. The first-order valence-corrected chi connectivity index (χ1v) is 13.4. The van der Waals surface area contributed by atoms with Crippen LogP contribution in [-0.2, 0) is 11.2 Å². The van der Waals surface area contributed by atoms with Gasteiger partial charge in [0.25, 0.3) is 5.22 Å². The molecule has 0 saturated carbocycles. The average Bonchev–Trinajstić information content (AvgIpc) is 3.57. The van der Waals surface area contributed by atoms with E-state index in [1.54, 1.807) is 7.11 Å². The molecule has 2 aromatic heterocycles. The summed E-state index contributed by atoms with van der Waals surface area (Å²) in [5.41, 5.74) is 2.98. The summed E-state index contributed by atoms with van der Waals surface area (Å²) >= 11 is 2.80. The highest BCUT2D eigenvalue weighted by molar-refractivity contribution is 7.99. The van der Waals surface area contributed by atoms with Crippen LogP contribution in [0.5, 0.6) is 5.75 Å². The summed E-state index contributed by atoms with van der Waals surface area (Å²) in [5, 5.41) is 14.7. The molecule has 9 nitrogen and oxygen atoms in total. The Hall–Kier alpha value is -3.57. The van der Waals surface area contributed by atoms with Gasteiger partial charge in [-0.25, -0.2) is 4.98 Å². The first-order chi connectivity index (χ1) is 17.7. The molecule has 11 heteroatoms. The van der Waals surface area contributed by atoms with Gasteiger partial charge in [-0.15, -0.1) is 21.5 Å². The number of piperazine rings is 1. The lowest BCUT2D eigenvalue weighted by molar-refractivity contribution is -0.128. The SMILES string of the molecule is COc1ccc(N2CCN(C(=O)CSc3nnc(Cc4csc(Nc5ccccc5)n4)o3)CC2)cc1. The highest BCUT2D eigenvalue weighted by atomic mass is 32.2. The van der Waals surface area contributed by atoms with E-state index in [0.29, 0.717) is 30.6 Å².